The number of rotatable bonds is 21. The van der Waals surface area contributed by atoms with E-state index in [-0.39, 0.29) is 40.6 Å². The largest absolute Gasteiger partial charge is 0.462 e. The molecule has 14 heteroatoms. The lowest BCUT2D eigenvalue weighted by molar-refractivity contribution is -0.110. The number of hydrogen-bond acceptors (Lipinski definition) is 8. The van der Waals surface area contributed by atoms with Gasteiger partial charge in [0, 0.05) is 12.1 Å². The number of sulfonamides is 1. The number of quaternary nitrogens is 1. The molecule has 2 unspecified atom stereocenters. The number of carbonyl (C=O) groups is 2. The van der Waals surface area contributed by atoms with Gasteiger partial charge in [-0.2, -0.15) is 4.72 Å². The molecule has 0 spiro atoms. The van der Waals surface area contributed by atoms with Gasteiger partial charge in [-0.25, -0.2) is 23.2 Å². The number of esters is 1. The van der Waals surface area contributed by atoms with E-state index in [0.717, 1.165) is 31.2 Å². The molecule has 12 nitrogen and oxygen atoms in total. The Morgan fingerprint density at radius 1 is 0.885 bits per heavy atom. The average molecular weight is 869 g/mol. The molecule has 1 fully saturated rings. The molecule has 2 atom stereocenters. The minimum atomic E-state index is -3.42. The lowest BCUT2D eigenvalue weighted by atomic mass is 10.1. The second kappa shape index (κ2) is 20.6. The normalized spacial score (nSPS) is 16.4. The van der Waals surface area contributed by atoms with E-state index in [1.54, 1.807) is 60.7 Å². The molecular weight excluding hydrogens is 812 g/mol. The number of amides is 1. The first-order valence-corrected chi connectivity index (χ1v) is 23.5. The molecule has 0 bridgehead atoms. The van der Waals surface area contributed by atoms with Crippen LogP contribution in [0, 0.1) is 6.92 Å². The fourth-order valence-corrected chi connectivity index (χ4v) is 8.64. The molecule has 322 valence electrons. The molecule has 5 aromatic rings. The Hall–Kier alpha value is -5.21. The van der Waals surface area contributed by atoms with E-state index >= 15 is 0 Å². The van der Waals surface area contributed by atoms with Crippen LogP contribution < -0.4 is 20.1 Å². The Kier molecular flexibility index (Phi) is 15.3. The Bertz CT molecular complexity index is 2560. The summed E-state index contributed by atoms with van der Waals surface area (Å²) >= 11 is 6.64. The van der Waals surface area contributed by atoms with E-state index in [1.165, 1.54) is 61.6 Å². The first-order valence-electron chi connectivity index (χ1n) is 21.2. The van der Waals surface area contributed by atoms with E-state index in [0.29, 0.717) is 45.4 Å². The number of nitrogens with zero attached hydrogens (tertiary/aromatic N) is 4. The standard InChI is InChI=1S/C47H55ClN6O6S/c1-5-7-8-9-10-11-12-13-14-20-29-60-47(57)34-25-27-38(48)41(31-34)51-45(55)43(44-50-40-24-19-18-23-37(40)46(56)53(44)35-21-16-15-17-22-35)49-39-28-26-36(30-33(39)3)54(6-2)32-42(54)52-61(4,58)59/h15-19,21-28,30-31,42,52H,5-14,20,29,32H2,1-4H3/p+1. The van der Waals surface area contributed by atoms with Gasteiger partial charge in [0.15, 0.2) is 18.1 Å². The Balaban J connectivity index is 1.30. The maximum Gasteiger partial charge on any atom is 0.338 e. The number of benzene rings is 4. The Labute approximate surface area is 363 Å². The zero-order valence-electron chi connectivity index (χ0n) is 35.5. The predicted molar refractivity (Wildman–Crippen MR) is 246 cm³/mol. The van der Waals surface area contributed by atoms with Gasteiger partial charge in [-0.1, -0.05) is 107 Å². The lowest BCUT2D eigenvalue weighted by Gasteiger charge is -2.19. The van der Waals surface area contributed by atoms with Crippen LogP contribution in [0.4, 0.5) is 17.1 Å². The zero-order valence-corrected chi connectivity index (χ0v) is 37.0. The molecule has 1 aliphatic rings. The van der Waals surface area contributed by atoms with Crippen LogP contribution in [0.3, 0.4) is 0 Å². The predicted octanol–water partition coefficient (Wildman–Crippen LogP) is 9.40. The van der Waals surface area contributed by atoms with Gasteiger partial charge in [0.1, 0.15) is 5.69 Å². The molecule has 4 aromatic carbocycles. The van der Waals surface area contributed by atoms with Crippen molar-refractivity contribution in [1.82, 2.24) is 18.8 Å². The summed E-state index contributed by atoms with van der Waals surface area (Å²) in [4.78, 5) is 51.9. The van der Waals surface area contributed by atoms with Gasteiger partial charge >= 0.3 is 5.97 Å². The molecule has 0 saturated carbocycles. The van der Waals surface area contributed by atoms with Crippen molar-refractivity contribution in [3.8, 4) is 5.69 Å². The maximum atomic E-state index is 14.7. The van der Waals surface area contributed by atoms with Gasteiger partial charge in [0.2, 0.25) is 16.2 Å². The molecule has 1 aliphatic heterocycles. The van der Waals surface area contributed by atoms with Gasteiger partial charge in [-0.05, 0) is 74.4 Å². The van der Waals surface area contributed by atoms with E-state index in [9.17, 15) is 22.8 Å². The van der Waals surface area contributed by atoms with Crippen molar-refractivity contribution in [2.75, 3.05) is 31.3 Å². The third kappa shape index (κ3) is 11.4. The van der Waals surface area contributed by atoms with Crippen LogP contribution in [0.25, 0.3) is 16.6 Å². The molecule has 61 heavy (non-hydrogen) atoms. The molecule has 2 heterocycles. The number of para-hydroxylation sites is 2. The fraction of sp³-hybridized carbons (Fsp3) is 0.383. The first-order chi connectivity index (χ1) is 29.3. The monoisotopic (exact) mass is 867 g/mol. The van der Waals surface area contributed by atoms with Crippen LogP contribution in [0.5, 0.6) is 0 Å². The number of carbonyl (C=O) groups excluding carboxylic acids is 2. The van der Waals surface area contributed by atoms with E-state index in [1.807, 2.05) is 32.0 Å². The summed E-state index contributed by atoms with van der Waals surface area (Å²) in [6, 6.07) is 25.9. The number of fused-ring (bicyclic) bond motifs is 1. The number of anilines is 1. The summed E-state index contributed by atoms with van der Waals surface area (Å²) in [5, 5.41) is 3.38. The third-order valence-electron chi connectivity index (χ3n) is 11.2. The summed E-state index contributed by atoms with van der Waals surface area (Å²) in [5.74, 6) is -1.28. The fourth-order valence-electron chi connectivity index (χ4n) is 7.70. The summed E-state index contributed by atoms with van der Waals surface area (Å²) in [6.07, 6.45) is 12.5. The smallest absolute Gasteiger partial charge is 0.338 e. The minimum absolute atomic E-state index is 0.0144. The number of halogens is 1. The average Bonchev–Trinajstić information content (AvgIpc) is 3.95. The van der Waals surface area contributed by atoms with E-state index < -0.39 is 27.5 Å². The van der Waals surface area contributed by atoms with E-state index in [4.69, 9.17) is 26.3 Å². The highest BCUT2D eigenvalue weighted by Gasteiger charge is 2.57. The maximum absolute atomic E-state index is 14.7. The number of ether oxygens (including phenoxy) is 1. The van der Waals surface area contributed by atoms with Crippen molar-refractivity contribution >= 4 is 67.2 Å². The van der Waals surface area contributed by atoms with Crippen molar-refractivity contribution < 1.29 is 22.7 Å². The van der Waals surface area contributed by atoms with Crippen molar-refractivity contribution in [2.45, 2.75) is 91.1 Å². The van der Waals surface area contributed by atoms with Gasteiger partial charge in [0.25, 0.3) is 11.5 Å². The first kappa shape index (κ1) is 45.3. The summed E-state index contributed by atoms with van der Waals surface area (Å²) in [5.41, 5.74) is 2.64. The van der Waals surface area contributed by atoms with Gasteiger partial charge in [0.05, 0.1) is 58.0 Å². The third-order valence-corrected chi connectivity index (χ3v) is 12.2. The number of aryl methyl sites for hydroxylation is 1. The van der Waals surface area contributed by atoms with E-state index in [2.05, 4.69) is 17.0 Å². The molecule has 1 saturated heterocycles. The highest BCUT2D eigenvalue weighted by atomic mass is 35.5. The molecule has 0 radical (unpaired) electrons. The van der Waals surface area contributed by atoms with Crippen LogP contribution in [-0.2, 0) is 19.6 Å². The zero-order chi connectivity index (χ0) is 43.6. The number of unbranched alkanes of at least 4 members (excludes halogenated alkanes) is 9. The quantitative estimate of drug-likeness (QED) is 0.0246. The number of aromatic nitrogens is 2. The van der Waals surface area contributed by atoms with Gasteiger partial charge in [-0.3, -0.25) is 18.6 Å². The highest BCUT2D eigenvalue weighted by Crippen LogP contribution is 2.39. The van der Waals surface area contributed by atoms with Crippen LogP contribution in [0.1, 0.15) is 99.8 Å². The van der Waals surface area contributed by atoms with Crippen LogP contribution in [0.15, 0.2) is 101 Å². The van der Waals surface area contributed by atoms with Crippen LogP contribution in [0.2, 0.25) is 5.02 Å². The van der Waals surface area contributed by atoms with Crippen LogP contribution >= 0.6 is 11.6 Å². The second-order valence-electron chi connectivity index (χ2n) is 15.8. The molecule has 1 aromatic heterocycles. The second-order valence-corrected chi connectivity index (χ2v) is 18.0. The number of hydrogen-bond donors (Lipinski definition) is 2. The number of nitrogens with one attached hydrogen (secondary N) is 2. The topological polar surface area (TPSA) is 149 Å². The van der Waals surface area contributed by atoms with Gasteiger partial charge in [-0.15, -0.1) is 0 Å². The molecule has 2 N–H and O–H groups in total. The Morgan fingerprint density at radius 2 is 1.56 bits per heavy atom. The minimum Gasteiger partial charge on any atom is -0.462 e. The molecular formula is C47H56ClN6O6S+. The molecule has 0 aliphatic carbocycles. The number of likely N-dealkylation sites (N-methyl/N-ethyl adjacent to an activating group) is 1. The van der Waals surface area contributed by atoms with Gasteiger partial charge < -0.3 is 10.1 Å². The van der Waals surface area contributed by atoms with Crippen molar-refractivity contribution in [1.29, 1.82) is 0 Å². The van der Waals surface area contributed by atoms with Crippen molar-refractivity contribution in [2.24, 2.45) is 4.99 Å². The van der Waals surface area contributed by atoms with Crippen molar-refractivity contribution in [3.63, 3.8) is 0 Å². The lowest BCUT2D eigenvalue weighted by Crippen LogP contribution is -2.38. The molecule has 1 amide bonds. The Morgan fingerprint density at radius 3 is 2.23 bits per heavy atom. The summed E-state index contributed by atoms with van der Waals surface area (Å²) in [7, 11) is -3.42. The van der Waals surface area contributed by atoms with Crippen molar-refractivity contribution in [3.05, 3.63) is 123 Å². The molecule has 6 rings (SSSR count). The SMILES string of the molecule is CCCCCCCCCCCCOC(=O)c1ccc(Cl)c(NC(=O)C(=Nc2ccc([N+]3(CC)CC3NS(C)(=O)=O)cc2C)c2nc3ccccc3c(=O)n2-c2ccccc2)c1. The summed E-state index contributed by atoms with van der Waals surface area (Å²) in [6.45, 7) is 7.61. The number of aliphatic imine (C=N–C) groups is 1. The van der Waals surface area contributed by atoms with Crippen LogP contribution in [-0.4, -0.2) is 67.7 Å². The summed E-state index contributed by atoms with van der Waals surface area (Å²) < 4.78 is 34.3. The highest BCUT2D eigenvalue weighted by molar-refractivity contribution is 7.88.